The van der Waals surface area contributed by atoms with E-state index in [0.29, 0.717) is 5.92 Å². The van der Waals surface area contributed by atoms with E-state index in [0.717, 1.165) is 18.0 Å². The maximum absolute atomic E-state index is 4.73. The summed E-state index contributed by atoms with van der Waals surface area (Å²) in [6.45, 7) is 3.33. The van der Waals surface area contributed by atoms with E-state index in [-0.39, 0.29) is 0 Å². The van der Waals surface area contributed by atoms with Gasteiger partial charge in [0.25, 0.3) is 0 Å². The van der Waals surface area contributed by atoms with Gasteiger partial charge in [0.1, 0.15) is 5.01 Å². The zero-order chi connectivity index (χ0) is 11.0. The average Bonchev–Trinajstić information content (AvgIpc) is 2.88. The molecule has 1 aliphatic carbocycles. The van der Waals surface area contributed by atoms with Gasteiger partial charge < -0.3 is 5.32 Å². The molecule has 16 heavy (non-hydrogen) atoms. The first-order valence-electron chi connectivity index (χ1n) is 5.58. The van der Waals surface area contributed by atoms with Gasteiger partial charge in [0, 0.05) is 24.3 Å². The smallest absolute Gasteiger partial charge is 0.119 e. The molecule has 84 valence electrons. The highest BCUT2D eigenvalue weighted by Crippen LogP contribution is 2.34. The van der Waals surface area contributed by atoms with Crippen LogP contribution in [0.4, 0.5) is 0 Å². The largest absolute Gasteiger partial charge is 0.379 e. The number of nitrogens with zero attached hydrogens (tertiary/aromatic N) is 1. The van der Waals surface area contributed by atoms with E-state index >= 15 is 0 Å². The SMILES string of the molecule is CC1CC=Cc2sc(/C=C3\NCCS3)nc21. The highest BCUT2D eigenvalue weighted by molar-refractivity contribution is 8.03. The van der Waals surface area contributed by atoms with E-state index in [9.17, 15) is 0 Å². The quantitative estimate of drug-likeness (QED) is 0.828. The van der Waals surface area contributed by atoms with Crippen LogP contribution in [0.15, 0.2) is 11.1 Å². The van der Waals surface area contributed by atoms with Crippen molar-refractivity contribution in [1.82, 2.24) is 10.3 Å². The van der Waals surface area contributed by atoms with E-state index in [4.69, 9.17) is 4.98 Å². The number of hydrogen-bond donors (Lipinski definition) is 1. The maximum Gasteiger partial charge on any atom is 0.119 e. The third-order valence-corrected chi connectivity index (χ3v) is 4.80. The molecule has 1 aromatic rings. The lowest BCUT2D eigenvalue weighted by atomic mass is 9.98. The number of thiazole rings is 1. The molecule has 1 N–H and O–H groups in total. The van der Waals surface area contributed by atoms with Crippen LogP contribution in [0.2, 0.25) is 0 Å². The van der Waals surface area contributed by atoms with Crippen LogP contribution in [0.25, 0.3) is 12.2 Å². The van der Waals surface area contributed by atoms with Crippen molar-refractivity contribution in [3.8, 4) is 0 Å². The van der Waals surface area contributed by atoms with Gasteiger partial charge in [-0.05, 0) is 12.5 Å². The zero-order valence-electron chi connectivity index (χ0n) is 9.19. The van der Waals surface area contributed by atoms with Crippen molar-refractivity contribution in [2.45, 2.75) is 19.3 Å². The summed E-state index contributed by atoms with van der Waals surface area (Å²) >= 11 is 3.68. The Morgan fingerprint density at radius 1 is 1.56 bits per heavy atom. The fourth-order valence-corrected chi connectivity index (χ4v) is 3.94. The second-order valence-corrected chi connectivity index (χ2v) is 6.32. The van der Waals surface area contributed by atoms with E-state index in [1.165, 1.54) is 21.4 Å². The molecular weight excluding hydrogens is 236 g/mol. The summed E-state index contributed by atoms with van der Waals surface area (Å²) < 4.78 is 0. The molecule has 0 aromatic carbocycles. The minimum absolute atomic E-state index is 0.576. The van der Waals surface area contributed by atoms with Gasteiger partial charge in [0.2, 0.25) is 0 Å². The van der Waals surface area contributed by atoms with Gasteiger partial charge >= 0.3 is 0 Å². The summed E-state index contributed by atoms with van der Waals surface area (Å²) in [6.07, 6.45) is 7.77. The lowest BCUT2D eigenvalue weighted by Gasteiger charge is -2.10. The number of fused-ring (bicyclic) bond motifs is 1. The predicted octanol–water partition coefficient (Wildman–Crippen LogP) is 3.30. The molecule has 1 aliphatic heterocycles. The molecule has 1 aromatic heterocycles. The van der Waals surface area contributed by atoms with Crippen LogP contribution in [0.3, 0.4) is 0 Å². The summed E-state index contributed by atoms with van der Waals surface area (Å²) in [6, 6.07) is 0. The molecule has 0 amide bonds. The normalized spacial score (nSPS) is 25.8. The molecule has 2 aliphatic rings. The van der Waals surface area contributed by atoms with Gasteiger partial charge in [-0.3, -0.25) is 0 Å². The van der Waals surface area contributed by atoms with Gasteiger partial charge in [-0.2, -0.15) is 0 Å². The summed E-state index contributed by atoms with van der Waals surface area (Å²) in [5, 5.41) is 5.77. The first kappa shape index (κ1) is 10.4. The first-order valence-corrected chi connectivity index (χ1v) is 7.39. The number of nitrogens with one attached hydrogen (secondary N) is 1. The number of allylic oxidation sites excluding steroid dienone is 1. The highest BCUT2D eigenvalue weighted by Gasteiger charge is 2.17. The van der Waals surface area contributed by atoms with Crippen LogP contribution in [0, 0.1) is 0 Å². The van der Waals surface area contributed by atoms with E-state index in [2.05, 4.69) is 30.5 Å². The van der Waals surface area contributed by atoms with Gasteiger partial charge in [-0.25, -0.2) is 4.98 Å². The van der Waals surface area contributed by atoms with Crippen molar-refractivity contribution in [2.24, 2.45) is 0 Å². The van der Waals surface area contributed by atoms with Crippen molar-refractivity contribution in [1.29, 1.82) is 0 Å². The standard InChI is InChI=1S/C12H14N2S2/c1-8-3-2-4-9-12(8)14-11(16-9)7-10-13-5-6-15-10/h2,4,7-8,13H,3,5-6H2,1H3/b10-7+. The summed E-state index contributed by atoms with van der Waals surface area (Å²) in [4.78, 5) is 6.07. The summed E-state index contributed by atoms with van der Waals surface area (Å²) in [5.74, 6) is 1.75. The molecule has 4 heteroatoms. The second kappa shape index (κ2) is 4.26. The Bertz CT molecular complexity index is 452. The lowest BCUT2D eigenvalue weighted by Crippen LogP contribution is -2.03. The Hall–Kier alpha value is -0.740. The van der Waals surface area contributed by atoms with E-state index in [1.807, 2.05) is 11.8 Å². The second-order valence-electron chi connectivity index (χ2n) is 4.12. The minimum Gasteiger partial charge on any atom is -0.379 e. The Balaban J connectivity index is 1.92. The molecule has 1 saturated heterocycles. The zero-order valence-corrected chi connectivity index (χ0v) is 10.8. The van der Waals surface area contributed by atoms with Gasteiger partial charge in [-0.15, -0.1) is 23.1 Å². The van der Waals surface area contributed by atoms with E-state index in [1.54, 1.807) is 11.3 Å². The topological polar surface area (TPSA) is 24.9 Å². The third-order valence-electron chi connectivity index (χ3n) is 2.84. The van der Waals surface area contributed by atoms with Crippen LogP contribution in [-0.2, 0) is 0 Å². The van der Waals surface area contributed by atoms with Crippen molar-refractivity contribution < 1.29 is 0 Å². The van der Waals surface area contributed by atoms with E-state index < -0.39 is 0 Å². The Morgan fingerprint density at radius 2 is 2.50 bits per heavy atom. The van der Waals surface area contributed by atoms with Crippen LogP contribution in [-0.4, -0.2) is 17.3 Å². The Morgan fingerprint density at radius 3 is 3.25 bits per heavy atom. The molecule has 0 saturated carbocycles. The van der Waals surface area contributed by atoms with Crippen molar-refractivity contribution in [3.63, 3.8) is 0 Å². The molecule has 1 atom stereocenters. The van der Waals surface area contributed by atoms with Gasteiger partial charge in [0.05, 0.1) is 15.6 Å². The number of thioether (sulfide) groups is 1. The molecule has 1 fully saturated rings. The fourth-order valence-electron chi connectivity index (χ4n) is 1.98. The number of rotatable bonds is 1. The molecular formula is C12H14N2S2. The summed E-state index contributed by atoms with van der Waals surface area (Å²) in [5.41, 5.74) is 1.28. The average molecular weight is 250 g/mol. The Kier molecular flexibility index (Phi) is 2.77. The van der Waals surface area contributed by atoms with Crippen molar-refractivity contribution in [2.75, 3.05) is 12.3 Å². The number of hydrogen-bond acceptors (Lipinski definition) is 4. The van der Waals surface area contributed by atoms with Crippen molar-refractivity contribution >= 4 is 35.3 Å². The Labute approximate surface area is 104 Å². The van der Waals surface area contributed by atoms with Gasteiger partial charge in [-0.1, -0.05) is 13.0 Å². The van der Waals surface area contributed by atoms with Crippen LogP contribution < -0.4 is 5.32 Å². The predicted molar refractivity (Wildman–Crippen MR) is 72.6 cm³/mol. The third kappa shape index (κ3) is 1.92. The van der Waals surface area contributed by atoms with Crippen LogP contribution >= 0.6 is 23.1 Å². The van der Waals surface area contributed by atoms with Crippen LogP contribution in [0.5, 0.6) is 0 Å². The molecule has 1 unspecified atom stereocenters. The molecule has 0 radical (unpaired) electrons. The molecule has 3 rings (SSSR count). The lowest BCUT2D eigenvalue weighted by molar-refractivity contribution is 0.747. The van der Waals surface area contributed by atoms with Crippen LogP contribution in [0.1, 0.15) is 34.8 Å². The molecule has 2 heterocycles. The fraction of sp³-hybridized carbons (Fsp3) is 0.417. The molecule has 2 nitrogen and oxygen atoms in total. The monoisotopic (exact) mass is 250 g/mol. The molecule has 0 bridgehead atoms. The molecule has 0 spiro atoms. The summed E-state index contributed by atoms with van der Waals surface area (Å²) in [7, 11) is 0. The minimum atomic E-state index is 0.576. The first-order chi connectivity index (χ1) is 7.83. The van der Waals surface area contributed by atoms with Gasteiger partial charge in [0.15, 0.2) is 0 Å². The number of aromatic nitrogens is 1. The maximum atomic E-state index is 4.73. The highest BCUT2D eigenvalue weighted by atomic mass is 32.2. The van der Waals surface area contributed by atoms with Crippen molar-refractivity contribution in [3.05, 3.63) is 26.7 Å².